The van der Waals surface area contributed by atoms with Crippen molar-refractivity contribution >= 4 is 31.6 Å². The molecule has 1 aliphatic rings. The van der Waals surface area contributed by atoms with Crippen LogP contribution in [0.5, 0.6) is 0 Å². The fourth-order valence-corrected chi connectivity index (χ4v) is 2.64. The van der Waals surface area contributed by atoms with Gasteiger partial charge in [0, 0.05) is 25.9 Å². The van der Waals surface area contributed by atoms with Crippen molar-refractivity contribution in [3.63, 3.8) is 0 Å². The van der Waals surface area contributed by atoms with Gasteiger partial charge in [-0.05, 0) is 11.1 Å². The molecule has 1 heterocycles. The minimum atomic E-state index is -4.56. The van der Waals surface area contributed by atoms with Gasteiger partial charge in [0.15, 0.2) is 0 Å². The highest BCUT2D eigenvalue weighted by Crippen LogP contribution is 2.35. The molecule has 0 bridgehead atoms. The molecule has 0 radical (unpaired) electrons. The van der Waals surface area contributed by atoms with Crippen molar-refractivity contribution in [2.45, 2.75) is 25.8 Å². The van der Waals surface area contributed by atoms with E-state index in [1.165, 1.54) is 0 Å². The number of hydroxylamine groups is 2. The third kappa shape index (κ3) is 8.00. The second-order valence-electron chi connectivity index (χ2n) is 5.97. The van der Waals surface area contributed by atoms with Crippen LogP contribution in [0.4, 0.5) is 4.79 Å². The van der Waals surface area contributed by atoms with Gasteiger partial charge in [-0.1, -0.05) is 24.3 Å². The van der Waals surface area contributed by atoms with Crippen molar-refractivity contribution < 1.29 is 42.9 Å². The van der Waals surface area contributed by atoms with Crippen LogP contribution in [0.15, 0.2) is 24.3 Å². The highest BCUT2D eigenvalue weighted by atomic mass is 31.2. The Bertz CT molecular complexity index is 805. The Morgan fingerprint density at radius 1 is 1.03 bits per heavy atom. The molecule has 13 heteroatoms. The fraction of sp³-hybridized carbons (Fsp3) is 0.375. The monoisotopic (exact) mass is 429 g/mol. The summed E-state index contributed by atoms with van der Waals surface area (Å²) in [5.74, 6) is -1.83. The first kappa shape index (κ1) is 22.5. The summed E-state index contributed by atoms with van der Waals surface area (Å²) in [6.45, 7) is -0.246. The number of imide groups is 1. The van der Waals surface area contributed by atoms with Gasteiger partial charge < -0.3 is 25.3 Å². The van der Waals surface area contributed by atoms with Crippen molar-refractivity contribution in [3.05, 3.63) is 35.4 Å². The summed E-state index contributed by atoms with van der Waals surface area (Å²) in [6, 6.07) is 6.07. The van der Waals surface area contributed by atoms with E-state index >= 15 is 0 Å². The van der Waals surface area contributed by atoms with Crippen LogP contribution in [0.2, 0.25) is 0 Å². The molecular weight excluding hydrogens is 409 g/mol. The van der Waals surface area contributed by atoms with E-state index in [1.54, 1.807) is 24.3 Å². The zero-order chi connectivity index (χ0) is 21.4. The SMILES string of the molecule is O=C(NCCOP(=O)(O)O)NCc1ccc(CC(=O)ON2C(=O)CCC2=O)cc1. The van der Waals surface area contributed by atoms with E-state index in [1.807, 2.05) is 0 Å². The van der Waals surface area contributed by atoms with Gasteiger partial charge in [-0.3, -0.25) is 14.1 Å². The molecule has 1 saturated heterocycles. The first-order valence-corrected chi connectivity index (χ1v) is 10.0. The third-order valence-electron chi connectivity index (χ3n) is 3.67. The van der Waals surface area contributed by atoms with Crippen molar-refractivity contribution in [1.29, 1.82) is 0 Å². The lowest BCUT2D eigenvalue weighted by atomic mass is 10.1. The number of phosphoric ester groups is 1. The highest BCUT2D eigenvalue weighted by Gasteiger charge is 2.32. The number of nitrogens with one attached hydrogen (secondary N) is 2. The molecule has 2 rings (SSSR count). The second-order valence-corrected chi connectivity index (χ2v) is 7.21. The average molecular weight is 429 g/mol. The van der Waals surface area contributed by atoms with Gasteiger partial charge in [0.25, 0.3) is 11.8 Å². The quantitative estimate of drug-likeness (QED) is 0.234. The zero-order valence-corrected chi connectivity index (χ0v) is 16.1. The molecule has 1 aromatic rings. The summed E-state index contributed by atoms with van der Waals surface area (Å²) in [6.07, 6.45) is -0.0823. The third-order valence-corrected chi connectivity index (χ3v) is 4.19. The van der Waals surface area contributed by atoms with Gasteiger partial charge >= 0.3 is 19.8 Å². The van der Waals surface area contributed by atoms with E-state index in [4.69, 9.17) is 14.6 Å². The maximum absolute atomic E-state index is 11.9. The van der Waals surface area contributed by atoms with Crippen LogP contribution in [-0.2, 0) is 41.3 Å². The highest BCUT2D eigenvalue weighted by molar-refractivity contribution is 7.46. The molecule has 158 valence electrons. The van der Waals surface area contributed by atoms with Crippen LogP contribution in [-0.4, -0.2) is 51.8 Å². The van der Waals surface area contributed by atoms with Gasteiger partial charge in [0.05, 0.1) is 13.0 Å². The van der Waals surface area contributed by atoms with Gasteiger partial charge in [-0.2, -0.15) is 0 Å². The van der Waals surface area contributed by atoms with Crippen molar-refractivity contribution in [2.24, 2.45) is 0 Å². The maximum Gasteiger partial charge on any atom is 0.469 e. The van der Waals surface area contributed by atoms with Crippen molar-refractivity contribution in [2.75, 3.05) is 13.2 Å². The van der Waals surface area contributed by atoms with E-state index in [9.17, 15) is 23.7 Å². The Hall–Kier alpha value is -2.79. The molecule has 0 spiro atoms. The number of amides is 4. The van der Waals surface area contributed by atoms with Crippen LogP contribution in [0.1, 0.15) is 24.0 Å². The number of benzene rings is 1. The molecule has 29 heavy (non-hydrogen) atoms. The van der Waals surface area contributed by atoms with Gasteiger partial charge in [-0.15, -0.1) is 5.06 Å². The summed E-state index contributed by atoms with van der Waals surface area (Å²) >= 11 is 0. The molecule has 0 atom stereocenters. The molecule has 0 unspecified atom stereocenters. The summed E-state index contributed by atoms with van der Waals surface area (Å²) in [7, 11) is -4.56. The van der Waals surface area contributed by atoms with Crippen LogP contribution in [0.25, 0.3) is 0 Å². The molecule has 4 amide bonds. The van der Waals surface area contributed by atoms with Crippen LogP contribution >= 0.6 is 7.82 Å². The Balaban J connectivity index is 1.70. The molecule has 0 aromatic heterocycles. The van der Waals surface area contributed by atoms with Crippen LogP contribution < -0.4 is 10.6 Å². The predicted molar refractivity (Wildman–Crippen MR) is 95.6 cm³/mol. The number of hydrogen-bond acceptors (Lipinski definition) is 7. The largest absolute Gasteiger partial charge is 0.469 e. The molecule has 0 aliphatic carbocycles. The second kappa shape index (κ2) is 10.1. The maximum atomic E-state index is 11.9. The summed E-state index contributed by atoms with van der Waals surface area (Å²) < 4.78 is 14.7. The number of nitrogens with zero attached hydrogens (tertiary/aromatic N) is 1. The normalized spacial score (nSPS) is 14.1. The van der Waals surface area contributed by atoms with E-state index < -0.39 is 31.6 Å². The van der Waals surface area contributed by atoms with Crippen molar-refractivity contribution in [3.8, 4) is 0 Å². The molecule has 4 N–H and O–H groups in total. The lowest BCUT2D eigenvalue weighted by Gasteiger charge is -2.12. The van der Waals surface area contributed by atoms with E-state index in [2.05, 4.69) is 15.2 Å². The summed E-state index contributed by atoms with van der Waals surface area (Å²) in [4.78, 5) is 68.1. The van der Waals surface area contributed by atoms with Gasteiger partial charge in [0.1, 0.15) is 0 Å². The van der Waals surface area contributed by atoms with E-state index in [0.29, 0.717) is 10.6 Å². The zero-order valence-electron chi connectivity index (χ0n) is 15.2. The van der Waals surface area contributed by atoms with Crippen LogP contribution in [0, 0.1) is 0 Å². The number of carbonyl (C=O) groups is 4. The molecular formula is C16H20N3O9P. The number of urea groups is 1. The Labute approximate surface area is 165 Å². The molecule has 1 fully saturated rings. The standard InChI is InChI=1S/C16H20N3O9P/c20-13-5-6-14(21)19(13)28-15(22)9-11-1-3-12(4-2-11)10-18-16(23)17-7-8-27-29(24,25)26/h1-4H,5-10H2,(H2,17,18,23)(H2,24,25,26). The Kier molecular flexibility index (Phi) is 7.85. The first-order valence-electron chi connectivity index (χ1n) is 8.50. The lowest BCUT2D eigenvalue weighted by molar-refractivity contribution is -0.197. The topological polar surface area (TPSA) is 172 Å². The molecule has 1 aliphatic heterocycles. The number of carbonyl (C=O) groups excluding carboxylic acids is 4. The first-order chi connectivity index (χ1) is 13.6. The smallest absolute Gasteiger partial charge is 0.336 e. The lowest BCUT2D eigenvalue weighted by Crippen LogP contribution is -2.36. The summed E-state index contributed by atoms with van der Waals surface area (Å²) in [5, 5.41) is 5.40. The average Bonchev–Trinajstić information content (AvgIpc) is 2.96. The number of phosphoric acid groups is 1. The minimum Gasteiger partial charge on any atom is -0.336 e. The summed E-state index contributed by atoms with van der Waals surface area (Å²) in [5.41, 5.74) is 1.32. The Morgan fingerprint density at radius 2 is 1.62 bits per heavy atom. The van der Waals surface area contributed by atoms with E-state index in [-0.39, 0.29) is 39.0 Å². The van der Waals surface area contributed by atoms with Gasteiger partial charge in [0.2, 0.25) is 0 Å². The van der Waals surface area contributed by atoms with Gasteiger partial charge in [-0.25, -0.2) is 14.2 Å². The minimum absolute atomic E-state index is 0.0259. The molecule has 0 saturated carbocycles. The molecule has 12 nitrogen and oxygen atoms in total. The Morgan fingerprint density at radius 3 is 2.21 bits per heavy atom. The van der Waals surface area contributed by atoms with Crippen molar-refractivity contribution in [1.82, 2.24) is 15.7 Å². The fourth-order valence-electron chi connectivity index (χ4n) is 2.31. The number of rotatable bonds is 9. The predicted octanol–water partition coefficient (Wildman–Crippen LogP) is -0.255. The van der Waals surface area contributed by atoms with Crippen LogP contribution in [0.3, 0.4) is 0 Å². The van der Waals surface area contributed by atoms with E-state index in [0.717, 1.165) is 5.56 Å². The number of hydrogen-bond donors (Lipinski definition) is 4. The molecule has 1 aromatic carbocycles.